The van der Waals surface area contributed by atoms with Gasteiger partial charge in [-0.1, -0.05) is 78.1 Å². The first-order valence-corrected chi connectivity index (χ1v) is 15.2. The van der Waals surface area contributed by atoms with Crippen LogP contribution in [0.3, 0.4) is 0 Å². The Hall–Kier alpha value is -1.12. The van der Waals surface area contributed by atoms with E-state index >= 15 is 0 Å². The van der Waals surface area contributed by atoms with Gasteiger partial charge in [-0.25, -0.2) is 8.78 Å². The summed E-state index contributed by atoms with van der Waals surface area (Å²) in [5.74, 6) is 1.70. The van der Waals surface area contributed by atoms with Gasteiger partial charge in [0.05, 0.1) is 6.10 Å². The molecule has 2 aliphatic carbocycles. The molecule has 1 nitrogen and oxygen atoms in total. The molecule has 0 radical (unpaired) electrons. The van der Waals surface area contributed by atoms with Crippen molar-refractivity contribution in [1.82, 2.24) is 0 Å². The number of hydrogen-bond acceptors (Lipinski definition) is 1. The van der Waals surface area contributed by atoms with E-state index in [1.165, 1.54) is 83.5 Å². The Kier molecular flexibility index (Phi) is 12.4. The zero-order valence-corrected chi connectivity index (χ0v) is 22.9. The molecular weight excluding hydrogens is 438 g/mol. The van der Waals surface area contributed by atoms with Crippen LogP contribution >= 0.6 is 0 Å². The normalized spacial score (nSPS) is 26.0. The number of halogens is 2. The highest BCUT2D eigenvalue weighted by atomic mass is 19.1. The maximum Gasteiger partial charge on any atom is 0.191 e. The first-order chi connectivity index (χ1) is 17.0. The molecule has 0 amide bonds. The minimum Gasteiger partial charge on any atom is -0.485 e. The zero-order chi connectivity index (χ0) is 25.0. The predicted molar refractivity (Wildman–Crippen MR) is 144 cm³/mol. The minimum atomic E-state index is -0.528. The lowest BCUT2D eigenvalue weighted by Crippen LogP contribution is -2.25. The molecular formula is C32H52F2O. The summed E-state index contributed by atoms with van der Waals surface area (Å²) in [4.78, 5) is 0. The van der Waals surface area contributed by atoms with Crippen molar-refractivity contribution in [3.05, 3.63) is 29.3 Å². The second-order valence-corrected chi connectivity index (χ2v) is 11.8. The number of rotatable bonds is 14. The van der Waals surface area contributed by atoms with E-state index in [0.29, 0.717) is 0 Å². The van der Waals surface area contributed by atoms with Crippen LogP contribution in [0.25, 0.3) is 0 Å². The lowest BCUT2D eigenvalue weighted by molar-refractivity contribution is 0.155. The van der Waals surface area contributed by atoms with Crippen molar-refractivity contribution in [2.24, 2.45) is 17.8 Å². The molecule has 3 rings (SSSR count). The molecule has 0 saturated heterocycles. The van der Waals surface area contributed by atoms with Crippen LogP contribution in [0.4, 0.5) is 8.78 Å². The number of benzene rings is 1. The summed E-state index contributed by atoms with van der Waals surface area (Å²) in [5.41, 5.74) is 0.831. The monoisotopic (exact) mass is 490 g/mol. The summed E-state index contributed by atoms with van der Waals surface area (Å²) < 4.78 is 35.4. The fraction of sp³-hybridized carbons (Fsp3) is 0.812. The molecule has 0 N–H and O–H groups in total. The number of unbranched alkanes of at least 4 members (excludes halogenated alkanes) is 6. The van der Waals surface area contributed by atoms with Crippen molar-refractivity contribution >= 4 is 0 Å². The Bertz CT molecular complexity index is 693. The van der Waals surface area contributed by atoms with Crippen molar-refractivity contribution in [3.8, 4) is 5.75 Å². The fourth-order valence-corrected chi connectivity index (χ4v) is 6.78. The van der Waals surface area contributed by atoms with Gasteiger partial charge in [-0.2, -0.15) is 0 Å². The van der Waals surface area contributed by atoms with Crippen molar-refractivity contribution in [3.63, 3.8) is 0 Å². The van der Waals surface area contributed by atoms with E-state index < -0.39 is 11.6 Å². The summed E-state index contributed by atoms with van der Waals surface area (Å²) in [7, 11) is 0. The highest BCUT2D eigenvalue weighted by Crippen LogP contribution is 2.45. The van der Waals surface area contributed by atoms with Gasteiger partial charge in [0.1, 0.15) is 0 Å². The molecule has 0 aromatic heterocycles. The van der Waals surface area contributed by atoms with Crippen molar-refractivity contribution in [2.45, 2.75) is 148 Å². The Morgan fingerprint density at radius 3 is 1.86 bits per heavy atom. The SMILES string of the molecule is CCCCCCC1CCC(C2CCC(c3cc(F)c(OC(C)CCCCCC)c(F)c3)CC2)CC1. The molecule has 0 bridgehead atoms. The van der Waals surface area contributed by atoms with Gasteiger partial charge in [0.25, 0.3) is 0 Å². The third-order valence-corrected chi connectivity index (χ3v) is 9.07. The van der Waals surface area contributed by atoms with E-state index in [2.05, 4.69) is 13.8 Å². The highest BCUT2D eigenvalue weighted by molar-refractivity contribution is 5.33. The first-order valence-electron chi connectivity index (χ1n) is 15.2. The Balaban J connectivity index is 1.43. The van der Waals surface area contributed by atoms with Crippen LogP contribution in [0.2, 0.25) is 0 Å². The predicted octanol–water partition coefficient (Wildman–Crippen LogP) is 10.8. The van der Waals surface area contributed by atoms with E-state index in [1.54, 1.807) is 12.1 Å². The maximum atomic E-state index is 14.8. The lowest BCUT2D eigenvalue weighted by atomic mass is 9.68. The molecule has 1 unspecified atom stereocenters. The topological polar surface area (TPSA) is 9.23 Å². The van der Waals surface area contributed by atoms with Gasteiger partial charge in [0.2, 0.25) is 0 Å². The van der Waals surface area contributed by atoms with E-state index in [0.717, 1.165) is 55.4 Å². The largest absolute Gasteiger partial charge is 0.485 e. The standard InChI is InChI=1S/C32H52F2O/c1-4-6-8-10-12-24(3)35-32-30(33)22-29(23-31(32)34)28-20-18-27(19-21-28)26-16-14-25(15-17-26)13-11-9-7-5-2/h22-28H,4-21H2,1-3H3. The van der Waals surface area contributed by atoms with E-state index in [1.807, 2.05) is 6.92 Å². The molecule has 3 heteroatoms. The molecule has 0 aliphatic heterocycles. The van der Waals surface area contributed by atoms with Crippen molar-refractivity contribution < 1.29 is 13.5 Å². The van der Waals surface area contributed by atoms with E-state index in [4.69, 9.17) is 4.74 Å². The molecule has 2 saturated carbocycles. The maximum absolute atomic E-state index is 14.8. The van der Waals surface area contributed by atoms with Gasteiger partial charge in [0.15, 0.2) is 17.4 Å². The third-order valence-electron chi connectivity index (χ3n) is 9.07. The third kappa shape index (κ3) is 9.04. The van der Waals surface area contributed by atoms with Crippen molar-refractivity contribution in [1.29, 1.82) is 0 Å². The van der Waals surface area contributed by atoms with Gasteiger partial charge in [-0.15, -0.1) is 0 Å². The van der Waals surface area contributed by atoms with Crippen LogP contribution in [0.15, 0.2) is 12.1 Å². The summed E-state index contributed by atoms with van der Waals surface area (Å²) in [6.07, 6.45) is 22.4. The fourth-order valence-electron chi connectivity index (χ4n) is 6.78. The second-order valence-electron chi connectivity index (χ2n) is 11.8. The Labute approximate surface area is 214 Å². The minimum absolute atomic E-state index is 0.163. The van der Waals surface area contributed by atoms with Gasteiger partial charge in [-0.3, -0.25) is 0 Å². The van der Waals surface area contributed by atoms with Crippen LogP contribution in [0.1, 0.15) is 148 Å². The zero-order valence-electron chi connectivity index (χ0n) is 22.9. The van der Waals surface area contributed by atoms with Crippen molar-refractivity contribution in [2.75, 3.05) is 0 Å². The van der Waals surface area contributed by atoms with E-state index in [9.17, 15) is 8.78 Å². The molecule has 2 aliphatic rings. The Morgan fingerprint density at radius 1 is 0.743 bits per heavy atom. The molecule has 1 aromatic carbocycles. The van der Waals surface area contributed by atoms with E-state index in [-0.39, 0.29) is 17.8 Å². The average molecular weight is 491 g/mol. The van der Waals surface area contributed by atoms with Crippen LogP contribution < -0.4 is 4.74 Å². The molecule has 2 fully saturated rings. The summed E-state index contributed by atoms with van der Waals surface area (Å²) in [6.45, 7) is 6.38. The van der Waals surface area contributed by atoms with Crippen LogP contribution in [0.5, 0.6) is 5.75 Å². The van der Waals surface area contributed by atoms with Crippen LogP contribution in [-0.4, -0.2) is 6.10 Å². The summed E-state index contributed by atoms with van der Waals surface area (Å²) in [6, 6.07) is 3.11. The molecule has 1 aromatic rings. The van der Waals surface area contributed by atoms with Gasteiger partial charge < -0.3 is 4.74 Å². The average Bonchev–Trinajstić information content (AvgIpc) is 2.87. The van der Waals surface area contributed by atoms with Crippen LogP contribution in [-0.2, 0) is 0 Å². The van der Waals surface area contributed by atoms with Gasteiger partial charge in [-0.05, 0) is 99.7 Å². The lowest BCUT2D eigenvalue weighted by Gasteiger charge is -2.38. The van der Waals surface area contributed by atoms with Gasteiger partial charge in [0, 0.05) is 0 Å². The molecule has 200 valence electrons. The first kappa shape index (κ1) is 28.5. The smallest absolute Gasteiger partial charge is 0.191 e. The Morgan fingerprint density at radius 2 is 1.29 bits per heavy atom. The van der Waals surface area contributed by atoms with Gasteiger partial charge >= 0.3 is 0 Å². The molecule has 35 heavy (non-hydrogen) atoms. The van der Waals surface area contributed by atoms with Crippen LogP contribution in [0, 0.1) is 29.4 Å². The molecule has 0 heterocycles. The molecule has 1 atom stereocenters. The summed E-state index contributed by atoms with van der Waals surface area (Å²) in [5, 5.41) is 0. The quantitative estimate of drug-likeness (QED) is 0.236. The number of ether oxygens (including phenoxy) is 1. The number of hydrogen-bond donors (Lipinski definition) is 0. The summed E-state index contributed by atoms with van der Waals surface area (Å²) >= 11 is 0. The molecule has 0 spiro atoms. The second kappa shape index (κ2) is 15.2. The highest BCUT2D eigenvalue weighted by Gasteiger charge is 2.32.